The Morgan fingerprint density at radius 1 is 1.10 bits per heavy atom. The molecular formula is C23H22N6. The summed E-state index contributed by atoms with van der Waals surface area (Å²) in [6, 6.07) is 14.2. The van der Waals surface area contributed by atoms with E-state index in [1.165, 1.54) is 11.1 Å². The van der Waals surface area contributed by atoms with E-state index in [1.807, 2.05) is 22.7 Å². The van der Waals surface area contributed by atoms with Gasteiger partial charge in [0, 0.05) is 42.5 Å². The number of pyridine rings is 1. The molecule has 0 spiro atoms. The van der Waals surface area contributed by atoms with Crippen LogP contribution in [0, 0.1) is 25.2 Å². The van der Waals surface area contributed by atoms with Crippen molar-refractivity contribution >= 4 is 11.6 Å². The first kappa shape index (κ1) is 18.6. The van der Waals surface area contributed by atoms with Crippen LogP contribution in [-0.2, 0) is 6.42 Å². The topological polar surface area (TPSA) is 78.9 Å². The number of aromatic nitrogens is 4. The number of nitrogens with zero attached hydrogens (tertiary/aromatic N) is 5. The molecule has 0 fully saturated rings. The standard InChI is InChI=1S/C23H22N6/c1-16-5-8-20(17(2)12-16)21-13-22-25-10-11-29(22)23(28-21)26-9-3-4-19-7-6-18(14-24)15-27-19/h5-8,10-13,15H,3-4,9H2,1-2H3,(H,26,28). The van der Waals surface area contributed by atoms with Crippen molar-refractivity contribution in [3.05, 3.63) is 77.4 Å². The predicted molar refractivity (Wildman–Crippen MR) is 114 cm³/mol. The molecule has 1 N–H and O–H groups in total. The Labute approximate surface area is 169 Å². The average Bonchev–Trinajstić information content (AvgIpc) is 3.20. The maximum atomic E-state index is 8.86. The SMILES string of the molecule is Cc1ccc(-c2cc3nccn3c(NCCCc3ccc(C#N)cn3)n2)c(C)c1. The van der Waals surface area contributed by atoms with Gasteiger partial charge in [-0.2, -0.15) is 5.26 Å². The number of hydrogen-bond donors (Lipinski definition) is 1. The molecule has 0 unspecified atom stereocenters. The van der Waals surface area contributed by atoms with E-state index >= 15 is 0 Å². The van der Waals surface area contributed by atoms with Crippen molar-refractivity contribution in [2.75, 3.05) is 11.9 Å². The predicted octanol–water partition coefficient (Wildman–Crippen LogP) is 4.32. The Kier molecular flexibility index (Phi) is 5.21. The number of nitriles is 1. The fourth-order valence-corrected chi connectivity index (χ4v) is 3.40. The molecule has 0 aliphatic carbocycles. The van der Waals surface area contributed by atoms with Crippen LogP contribution in [0.2, 0.25) is 0 Å². The van der Waals surface area contributed by atoms with Gasteiger partial charge in [-0.15, -0.1) is 0 Å². The van der Waals surface area contributed by atoms with Crippen molar-refractivity contribution in [3.8, 4) is 17.3 Å². The highest BCUT2D eigenvalue weighted by atomic mass is 15.2. The number of benzene rings is 1. The summed E-state index contributed by atoms with van der Waals surface area (Å²) >= 11 is 0. The fourth-order valence-electron chi connectivity index (χ4n) is 3.40. The Hall–Kier alpha value is -3.72. The van der Waals surface area contributed by atoms with Crippen LogP contribution in [0.5, 0.6) is 0 Å². The van der Waals surface area contributed by atoms with Crippen LogP contribution in [0.25, 0.3) is 16.9 Å². The van der Waals surface area contributed by atoms with Gasteiger partial charge >= 0.3 is 0 Å². The first-order chi connectivity index (χ1) is 14.1. The van der Waals surface area contributed by atoms with Gasteiger partial charge in [0.25, 0.3) is 0 Å². The van der Waals surface area contributed by atoms with Gasteiger partial charge in [0.05, 0.1) is 11.3 Å². The summed E-state index contributed by atoms with van der Waals surface area (Å²) in [6.45, 7) is 4.97. The third kappa shape index (κ3) is 4.09. The molecule has 1 aromatic carbocycles. The summed E-state index contributed by atoms with van der Waals surface area (Å²) in [5.74, 6) is 0.780. The van der Waals surface area contributed by atoms with E-state index < -0.39 is 0 Å². The van der Waals surface area contributed by atoms with Crippen molar-refractivity contribution in [2.45, 2.75) is 26.7 Å². The van der Waals surface area contributed by atoms with Crippen LogP contribution in [-0.4, -0.2) is 25.9 Å². The zero-order chi connectivity index (χ0) is 20.2. The van der Waals surface area contributed by atoms with Crippen LogP contribution in [0.3, 0.4) is 0 Å². The van der Waals surface area contributed by atoms with E-state index in [4.69, 9.17) is 10.2 Å². The number of nitrogens with one attached hydrogen (secondary N) is 1. The van der Waals surface area contributed by atoms with Crippen LogP contribution in [0.15, 0.2) is 55.0 Å². The van der Waals surface area contributed by atoms with Gasteiger partial charge in [0.15, 0.2) is 0 Å². The Morgan fingerprint density at radius 3 is 2.76 bits per heavy atom. The van der Waals surface area contributed by atoms with E-state index in [9.17, 15) is 0 Å². The van der Waals surface area contributed by atoms with Crippen LogP contribution in [0.4, 0.5) is 5.95 Å². The van der Waals surface area contributed by atoms with Crippen LogP contribution >= 0.6 is 0 Å². The van der Waals surface area contributed by atoms with E-state index in [-0.39, 0.29) is 0 Å². The molecule has 0 saturated carbocycles. The number of anilines is 1. The minimum Gasteiger partial charge on any atom is -0.355 e. The lowest BCUT2D eigenvalue weighted by molar-refractivity contribution is 0.825. The average molecular weight is 382 g/mol. The lowest BCUT2D eigenvalue weighted by Gasteiger charge is -2.12. The van der Waals surface area contributed by atoms with Crippen molar-refractivity contribution in [2.24, 2.45) is 0 Å². The molecule has 3 heterocycles. The molecule has 0 bridgehead atoms. The van der Waals surface area contributed by atoms with Gasteiger partial charge in [-0.1, -0.05) is 23.8 Å². The largest absolute Gasteiger partial charge is 0.355 e. The molecule has 0 saturated heterocycles. The highest BCUT2D eigenvalue weighted by Crippen LogP contribution is 2.25. The first-order valence-corrected chi connectivity index (χ1v) is 9.65. The highest BCUT2D eigenvalue weighted by Gasteiger charge is 2.10. The van der Waals surface area contributed by atoms with Crippen molar-refractivity contribution in [1.29, 1.82) is 5.26 Å². The molecule has 6 nitrogen and oxygen atoms in total. The third-order valence-electron chi connectivity index (χ3n) is 4.89. The molecule has 0 atom stereocenters. The van der Waals surface area contributed by atoms with Crippen molar-refractivity contribution in [1.82, 2.24) is 19.4 Å². The van der Waals surface area contributed by atoms with E-state index in [0.29, 0.717) is 5.56 Å². The summed E-state index contributed by atoms with van der Waals surface area (Å²) in [5, 5.41) is 12.3. The quantitative estimate of drug-likeness (QED) is 0.502. The minimum absolute atomic E-state index is 0.585. The summed E-state index contributed by atoms with van der Waals surface area (Å²) in [6.07, 6.45) is 7.06. The lowest BCUT2D eigenvalue weighted by atomic mass is 10.0. The number of rotatable bonds is 6. The van der Waals surface area contributed by atoms with E-state index in [1.54, 1.807) is 18.5 Å². The van der Waals surface area contributed by atoms with Crippen LogP contribution < -0.4 is 5.32 Å². The number of fused-ring (bicyclic) bond motifs is 1. The number of hydrogen-bond acceptors (Lipinski definition) is 5. The maximum absolute atomic E-state index is 8.86. The summed E-state index contributed by atoms with van der Waals surface area (Å²) < 4.78 is 1.97. The zero-order valence-electron chi connectivity index (χ0n) is 16.6. The number of aryl methyl sites for hydroxylation is 3. The Morgan fingerprint density at radius 2 is 2.00 bits per heavy atom. The van der Waals surface area contributed by atoms with Gasteiger partial charge < -0.3 is 5.32 Å². The molecule has 4 rings (SSSR count). The van der Waals surface area contributed by atoms with Crippen molar-refractivity contribution in [3.63, 3.8) is 0 Å². The van der Waals surface area contributed by atoms with Crippen molar-refractivity contribution < 1.29 is 0 Å². The summed E-state index contributed by atoms with van der Waals surface area (Å²) in [7, 11) is 0. The zero-order valence-corrected chi connectivity index (χ0v) is 16.6. The Balaban J connectivity index is 1.50. The minimum atomic E-state index is 0.585. The van der Waals surface area contributed by atoms with Gasteiger partial charge in [-0.05, 0) is 44.4 Å². The second-order valence-corrected chi connectivity index (χ2v) is 7.12. The third-order valence-corrected chi connectivity index (χ3v) is 4.89. The summed E-state index contributed by atoms with van der Waals surface area (Å²) in [4.78, 5) is 13.6. The molecule has 0 amide bonds. The molecule has 0 aliphatic heterocycles. The molecule has 29 heavy (non-hydrogen) atoms. The van der Waals surface area contributed by atoms with Gasteiger partial charge in [0.2, 0.25) is 5.95 Å². The fraction of sp³-hybridized carbons (Fsp3) is 0.217. The van der Waals surface area contributed by atoms with E-state index in [0.717, 1.165) is 47.9 Å². The van der Waals surface area contributed by atoms with Gasteiger partial charge in [0.1, 0.15) is 11.7 Å². The van der Waals surface area contributed by atoms with E-state index in [2.05, 4.69) is 53.4 Å². The Bertz CT molecular complexity index is 1180. The second kappa shape index (κ2) is 8.11. The molecule has 4 aromatic rings. The normalized spacial score (nSPS) is 10.8. The van der Waals surface area contributed by atoms with Gasteiger partial charge in [-0.25, -0.2) is 9.97 Å². The highest BCUT2D eigenvalue weighted by molar-refractivity contribution is 5.69. The molecule has 0 radical (unpaired) electrons. The maximum Gasteiger partial charge on any atom is 0.209 e. The second-order valence-electron chi connectivity index (χ2n) is 7.12. The molecule has 6 heteroatoms. The van der Waals surface area contributed by atoms with Gasteiger partial charge in [-0.3, -0.25) is 9.38 Å². The molecule has 144 valence electrons. The molecule has 0 aliphatic rings. The smallest absolute Gasteiger partial charge is 0.209 e. The molecular weight excluding hydrogens is 360 g/mol. The summed E-state index contributed by atoms with van der Waals surface area (Å²) in [5.41, 5.74) is 6.90. The first-order valence-electron chi connectivity index (χ1n) is 9.65. The number of imidazole rings is 1. The molecule has 3 aromatic heterocycles. The monoisotopic (exact) mass is 382 g/mol. The van der Waals surface area contributed by atoms with Crippen LogP contribution in [0.1, 0.15) is 28.8 Å². The lowest BCUT2D eigenvalue weighted by Crippen LogP contribution is -2.09.